The zero-order valence-corrected chi connectivity index (χ0v) is 8.98. The SMILES string of the molecule is C=C(C)CNC(=O)[C@@H]1CCCC(F)(F)C1. The van der Waals surface area contributed by atoms with E-state index in [0.29, 0.717) is 19.4 Å². The van der Waals surface area contributed by atoms with Gasteiger partial charge in [-0.2, -0.15) is 0 Å². The van der Waals surface area contributed by atoms with Crippen LogP contribution in [0.4, 0.5) is 8.78 Å². The molecular formula is C11H17F2NO. The van der Waals surface area contributed by atoms with Crippen LogP contribution in [0.2, 0.25) is 0 Å². The monoisotopic (exact) mass is 217 g/mol. The standard InChI is InChI=1S/C11H17F2NO/c1-8(2)7-14-10(15)9-4-3-5-11(12,13)6-9/h9H,1,3-7H2,2H3,(H,14,15)/t9-/m1/s1. The lowest BCUT2D eigenvalue weighted by molar-refractivity contribution is -0.132. The molecule has 1 rings (SSSR count). The summed E-state index contributed by atoms with van der Waals surface area (Å²) in [5.41, 5.74) is 0.825. The number of alkyl halides is 2. The topological polar surface area (TPSA) is 29.1 Å². The molecule has 2 nitrogen and oxygen atoms in total. The van der Waals surface area contributed by atoms with Gasteiger partial charge in [0.25, 0.3) is 0 Å². The van der Waals surface area contributed by atoms with E-state index in [4.69, 9.17) is 0 Å². The third-order valence-electron chi connectivity index (χ3n) is 2.58. The van der Waals surface area contributed by atoms with Crippen LogP contribution in [-0.2, 0) is 4.79 Å². The molecule has 0 spiro atoms. The van der Waals surface area contributed by atoms with Crippen LogP contribution in [0.25, 0.3) is 0 Å². The van der Waals surface area contributed by atoms with Crippen molar-refractivity contribution in [2.75, 3.05) is 6.54 Å². The first kappa shape index (κ1) is 12.1. The van der Waals surface area contributed by atoms with Crippen LogP contribution in [0, 0.1) is 5.92 Å². The highest BCUT2D eigenvalue weighted by Gasteiger charge is 2.38. The van der Waals surface area contributed by atoms with E-state index in [-0.39, 0.29) is 18.7 Å². The van der Waals surface area contributed by atoms with Crippen molar-refractivity contribution in [1.29, 1.82) is 0 Å². The summed E-state index contributed by atoms with van der Waals surface area (Å²) in [6.45, 7) is 5.80. The average molecular weight is 217 g/mol. The quantitative estimate of drug-likeness (QED) is 0.723. The Hall–Kier alpha value is -0.930. The molecule has 1 saturated carbocycles. The Morgan fingerprint density at radius 3 is 2.80 bits per heavy atom. The van der Waals surface area contributed by atoms with Crippen LogP contribution in [0.1, 0.15) is 32.6 Å². The largest absolute Gasteiger partial charge is 0.352 e. The predicted molar refractivity (Wildman–Crippen MR) is 54.7 cm³/mol. The summed E-state index contributed by atoms with van der Waals surface area (Å²) in [7, 11) is 0. The summed E-state index contributed by atoms with van der Waals surface area (Å²) in [5, 5.41) is 2.62. The van der Waals surface area contributed by atoms with Crippen molar-refractivity contribution in [3.63, 3.8) is 0 Å². The maximum Gasteiger partial charge on any atom is 0.248 e. The van der Waals surface area contributed by atoms with E-state index in [2.05, 4.69) is 11.9 Å². The first-order chi connectivity index (χ1) is 6.91. The molecule has 1 aliphatic carbocycles. The Kier molecular flexibility index (Phi) is 3.83. The third kappa shape index (κ3) is 3.98. The molecule has 0 aromatic rings. The summed E-state index contributed by atoms with van der Waals surface area (Å²) in [6.07, 6.45) is 0.599. The molecule has 0 heterocycles. The van der Waals surface area contributed by atoms with Gasteiger partial charge in [-0.3, -0.25) is 4.79 Å². The molecule has 15 heavy (non-hydrogen) atoms. The number of nitrogens with one attached hydrogen (secondary N) is 1. The zero-order valence-electron chi connectivity index (χ0n) is 8.98. The first-order valence-corrected chi connectivity index (χ1v) is 5.21. The van der Waals surface area contributed by atoms with Gasteiger partial charge in [-0.05, 0) is 19.8 Å². The van der Waals surface area contributed by atoms with Crippen LogP contribution >= 0.6 is 0 Å². The van der Waals surface area contributed by atoms with Gasteiger partial charge in [0.1, 0.15) is 0 Å². The Labute approximate surface area is 88.7 Å². The Morgan fingerprint density at radius 2 is 2.27 bits per heavy atom. The van der Waals surface area contributed by atoms with Gasteiger partial charge in [-0.15, -0.1) is 0 Å². The second-order valence-corrected chi connectivity index (χ2v) is 4.32. The number of amides is 1. The minimum absolute atomic E-state index is 0.0860. The second kappa shape index (κ2) is 4.73. The van der Waals surface area contributed by atoms with Crippen LogP contribution in [-0.4, -0.2) is 18.4 Å². The summed E-state index contributed by atoms with van der Waals surface area (Å²) in [6, 6.07) is 0. The number of halogens is 2. The highest BCUT2D eigenvalue weighted by molar-refractivity contribution is 5.79. The lowest BCUT2D eigenvalue weighted by Gasteiger charge is -2.27. The molecule has 1 amide bonds. The third-order valence-corrected chi connectivity index (χ3v) is 2.58. The fraction of sp³-hybridized carbons (Fsp3) is 0.727. The van der Waals surface area contributed by atoms with Crippen molar-refractivity contribution in [3.05, 3.63) is 12.2 Å². The molecule has 1 atom stereocenters. The summed E-state index contributed by atoms with van der Waals surface area (Å²) >= 11 is 0. The molecule has 0 aliphatic heterocycles. The first-order valence-electron chi connectivity index (χ1n) is 5.21. The zero-order chi connectivity index (χ0) is 11.5. The maximum atomic E-state index is 13.0. The van der Waals surface area contributed by atoms with Crippen LogP contribution in [0.5, 0.6) is 0 Å². The number of rotatable bonds is 3. The maximum absolute atomic E-state index is 13.0. The average Bonchev–Trinajstić information content (AvgIpc) is 2.12. The summed E-state index contributed by atoms with van der Waals surface area (Å²) in [4.78, 5) is 11.5. The normalized spacial score (nSPS) is 24.6. The number of carbonyl (C=O) groups is 1. The molecule has 0 radical (unpaired) electrons. The Bertz CT molecular complexity index is 263. The van der Waals surface area contributed by atoms with Crippen molar-refractivity contribution in [2.24, 2.45) is 5.92 Å². The highest BCUT2D eigenvalue weighted by atomic mass is 19.3. The van der Waals surface area contributed by atoms with E-state index in [1.807, 2.05) is 0 Å². The summed E-state index contributed by atoms with van der Waals surface area (Å²) in [5.74, 6) is -3.46. The Morgan fingerprint density at radius 1 is 1.60 bits per heavy atom. The molecule has 1 N–H and O–H groups in total. The van der Waals surface area contributed by atoms with Gasteiger partial charge in [0.05, 0.1) is 0 Å². The second-order valence-electron chi connectivity index (χ2n) is 4.32. The van der Waals surface area contributed by atoms with Gasteiger partial charge < -0.3 is 5.32 Å². The van der Waals surface area contributed by atoms with Crippen molar-refractivity contribution < 1.29 is 13.6 Å². The molecule has 4 heteroatoms. The Balaban J connectivity index is 2.42. The lowest BCUT2D eigenvalue weighted by atomic mass is 9.86. The van der Waals surface area contributed by atoms with Crippen molar-refractivity contribution in [3.8, 4) is 0 Å². The van der Waals surface area contributed by atoms with Gasteiger partial charge in [-0.25, -0.2) is 8.78 Å². The fourth-order valence-corrected chi connectivity index (χ4v) is 1.78. The van der Waals surface area contributed by atoms with Crippen molar-refractivity contribution in [2.45, 2.75) is 38.5 Å². The van der Waals surface area contributed by atoms with E-state index in [9.17, 15) is 13.6 Å². The summed E-state index contributed by atoms with van der Waals surface area (Å²) < 4.78 is 26.0. The molecule has 1 aliphatic rings. The van der Waals surface area contributed by atoms with E-state index in [0.717, 1.165) is 5.57 Å². The molecule has 0 unspecified atom stereocenters. The number of hydrogen-bond acceptors (Lipinski definition) is 1. The van der Waals surface area contributed by atoms with Gasteiger partial charge in [-0.1, -0.05) is 12.2 Å². The number of hydrogen-bond donors (Lipinski definition) is 1. The van der Waals surface area contributed by atoms with E-state index < -0.39 is 11.8 Å². The highest BCUT2D eigenvalue weighted by Crippen LogP contribution is 2.36. The van der Waals surface area contributed by atoms with E-state index >= 15 is 0 Å². The van der Waals surface area contributed by atoms with Gasteiger partial charge in [0.15, 0.2) is 0 Å². The van der Waals surface area contributed by atoms with Gasteiger partial charge in [0, 0.05) is 25.3 Å². The van der Waals surface area contributed by atoms with Crippen LogP contribution < -0.4 is 5.32 Å². The minimum Gasteiger partial charge on any atom is -0.352 e. The van der Waals surface area contributed by atoms with Crippen molar-refractivity contribution >= 4 is 5.91 Å². The smallest absolute Gasteiger partial charge is 0.248 e. The van der Waals surface area contributed by atoms with Crippen molar-refractivity contribution in [1.82, 2.24) is 5.32 Å². The van der Waals surface area contributed by atoms with Gasteiger partial charge >= 0.3 is 0 Å². The molecule has 0 saturated heterocycles. The molecule has 0 aromatic heterocycles. The van der Waals surface area contributed by atoms with Crippen LogP contribution in [0.15, 0.2) is 12.2 Å². The van der Waals surface area contributed by atoms with E-state index in [1.54, 1.807) is 6.92 Å². The molecule has 0 aromatic carbocycles. The van der Waals surface area contributed by atoms with Crippen LogP contribution in [0.3, 0.4) is 0 Å². The fourth-order valence-electron chi connectivity index (χ4n) is 1.78. The molecular weight excluding hydrogens is 200 g/mol. The lowest BCUT2D eigenvalue weighted by Crippen LogP contribution is -2.37. The minimum atomic E-state index is -2.66. The predicted octanol–water partition coefficient (Wildman–Crippen LogP) is 2.50. The molecule has 1 fully saturated rings. The molecule has 0 bridgehead atoms. The molecule has 86 valence electrons. The van der Waals surface area contributed by atoms with E-state index in [1.165, 1.54) is 0 Å². The number of carbonyl (C=O) groups excluding carboxylic acids is 1. The van der Waals surface area contributed by atoms with Gasteiger partial charge in [0.2, 0.25) is 11.8 Å².